The number of aryl methyl sites for hydroxylation is 1. The molecule has 0 saturated carbocycles. The third-order valence-electron chi connectivity index (χ3n) is 3.60. The molecule has 1 aromatic carbocycles. The van der Waals surface area contributed by atoms with Crippen LogP contribution in [0.2, 0.25) is 0 Å². The maximum atomic E-state index is 5.87. The maximum Gasteiger partial charge on any atom is 0.226 e. The molecule has 130 valence electrons. The van der Waals surface area contributed by atoms with Gasteiger partial charge in [-0.15, -0.1) is 0 Å². The van der Waals surface area contributed by atoms with Gasteiger partial charge in [-0.25, -0.2) is 4.98 Å². The molecule has 0 aliphatic rings. The van der Waals surface area contributed by atoms with E-state index in [1.807, 2.05) is 31.2 Å². The van der Waals surface area contributed by atoms with Crippen LogP contribution < -0.4 is 14.8 Å². The van der Waals surface area contributed by atoms with E-state index < -0.39 is 0 Å². The summed E-state index contributed by atoms with van der Waals surface area (Å²) in [5.74, 6) is 3.95. The Morgan fingerprint density at radius 2 is 1.88 bits per heavy atom. The highest BCUT2D eigenvalue weighted by molar-refractivity contribution is 5.33. The minimum Gasteiger partial charge on any atom is -0.497 e. The first-order valence-electron chi connectivity index (χ1n) is 8.27. The van der Waals surface area contributed by atoms with Crippen molar-refractivity contribution in [1.29, 1.82) is 0 Å². The van der Waals surface area contributed by atoms with Crippen LogP contribution in [0, 0.1) is 6.92 Å². The molecule has 0 aliphatic carbocycles. The highest BCUT2D eigenvalue weighted by atomic mass is 16.5. The number of benzene rings is 1. The lowest BCUT2D eigenvalue weighted by Gasteiger charge is -2.18. The summed E-state index contributed by atoms with van der Waals surface area (Å²) in [7, 11) is 1.64. The number of anilines is 1. The highest BCUT2D eigenvalue weighted by Gasteiger charge is 2.12. The predicted molar refractivity (Wildman–Crippen MR) is 94.8 cm³/mol. The van der Waals surface area contributed by atoms with Gasteiger partial charge in [-0.2, -0.15) is 9.97 Å². The number of ether oxygens (including phenoxy) is 2. The van der Waals surface area contributed by atoms with E-state index in [2.05, 4.69) is 41.0 Å². The van der Waals surface area contributed by atoms with Crippen molar-refractivity contribution in [2.24, 2.45) is 0 Å². The minimum absolute atomic E-state index is 0.109. The predicted octanol–water partition coefficient (Wildman–Crippen LogP) is 3.58. The summed E-state index contributed by atoms with van der Waals surface area (Å²) >= 11 is 0. The number of rotatable bonds is 8. The number of nitrogens with one attached hydrogen (secondary N) is 1. The summed E-state index contributed by atoms with van der Waals surface area (Å²) in [6, 6.07) is 7.70. The molecule has 1 aromatic heterocycles. The van der Waals surface area contributed by atoms with Crippen LogP contribution in [0.15, 0.2) is 24.3 Å². The Morgan fingerprint density at radius 1 is 1.12 bits per heavy atom. The Bertz CT molecular complexity index is 661. The first-order chi connectivity index (χ1) is 11.5. The zero-order valence-corrected chi connectivity index (χ0v) is 15.0. The minimum atomic E-state index is 0.109. The molecule has 1 unspecified atom stereocenters. The van der Waals surface area contributed by atoms with E-state index in [1.165, 1.54) is 0 Å². The lowest BCUT2D eigenvalue weighted by Crippen LogP contribution is -2.28. The molecule has 1 heterocycles. The van der Waals surface area contributed by atoms with Crippen LogP contribution in [0.3, 0.4) is 0 Å². The number of methoxy groups -OCH3 is 1. The molecule has 1 N–H and O–H groups in total. The molecule has 0 fully saturated rings. The van der Waals surface area contributed by atoms with Gasteiger partial charge in [0, 0.05) is 12.0 Å². The molecule has 0 spiro atoms. The Kier molecular flexibility index (Phi) is 6.35. The SMILES string of the molecule is CCC(COc1cccc(OC)c1)Nc1nc(C)nc(C(C)C)n1. The van der Waals surface area contributed by atoms with Crippen LogP contribution in [0.4, 0.5) is 5.95 Å². The van der Waals surface area contributed by atoms with E-state index >= 15 is 0 Å². The fourth-order valence-electron chi connectivity index (χ4n) is 2.16. The fraction of sp³-hybridized carbons (Fsp3) is 0.500. The maximum absolute atomic E-state index is 5.87. The molecule has 0 aliphatic heterocycles. The van der Waals surface area contributed by atoms with E-state index in [4.69, 9.17) is 9.47 Å². The van der Waals surface area contributed by atoms with Crippen molar-refractivity contribution >= 4 is 5.95 Å². The molecule has 24 heavy (non-hydrogen) atoms. The van der Waals surface area contributed by atoms with Gasteiger partial charge in [-0.1, -0.05) is 26.8 Å². The highest BCUT2D eigenvalue weighted by Crippen LogP contribution is 2.19. The molecule has 0 amide bonds. The summed E-state index contributed by atoms with van der Waals surface area (Å²) < 4.78 is 11.1. The Balaban J connectivity index is 2.01. The van der Waals surface area contributed by atoms with Gasteiger partial charge in [0.05, 0.1) is 13.2 Å². The average molecular weight is 330 g/mol. The normalized spacial score (nSPS) is 12.1. The van der Waals surface area contributed by atoms with Crippen LogP contribution in [-0.4, -0.2) is 34.7 Å². The Hall–Kier alpha value is -2.37. The van der Waals surface area contributed by atoms with Crippen LogP contribution in [0.1, 0.15) is 44.8 Å². The molecular formula is C18H26N4O2. The van der Waals surface area contributed by atoms with E-state index in [0.717, 1.165) is 29.6 Å². The molecule has 2 aromatic rings. The summed E-state index contributed by atoms with van der Waals surface area (Å²) in [6.45, 7) is 8.64. The molecule has 0 bridgehead atoms. The molecule has 2 rings (SSSR count). The van der Waals surface area contributed by atoms with Gasteiger partial charge in [0.1, 0.15) is 29.8 Å². The van der Waals surface area contributed by atoms with Crippen LogP contribution in [0.5, 0.6) is 11.5 Å². The monoisotopic (exact) mass is 330 g/mol. The Labute approximate surface area is 143 Å². The number of aromatic nitrogens is 3. The van der Waals surface area contributed by atoms with Crippen LogP contribution >= 0.6 is 0 Å². The third-order valence-corrected chi connectivity index (χ3v) is 3.60. The summed E-state index contributed by atoms with van der Waals surface area (Å²) in [4.78, 5) is 13.2. The zero-order valence-electron chi connectivity index (χ0n) is 15.0. The van der Waals surface area contributed by atoms with Crippen molar-refractivity contribution in [1.82, 2.24) is 15.0 Å². The quantitative estimate of drug-likeness (QED) is 0.798. The fourth-order valence-corrected chi connectivity index (χ4v) is 2.16. The van der Waals surface area contributed by atoms with Gasteiger partial charge < -0.3 is 14.8 Å². The zero-order chi connectivity index (χ0) is 17.5. The van der Waals surface area contributed by atoms with Gasteiger partial charge >= 0.3 is 0 Å². The number of nitrogens with zero attached hydrogens (tertiary/aromatic N) is 3. The van der Waals surface area contributed by atoms with Gasteiger partial charge in [0.2, 0.25) is 5.95 Å². The van der Waals surface area contributed by atoms with Gasteiger partial charge in [-0.05, 0) is 25.5 Å². The molecule has 6 nitrogen and oxygen atoms in total. The standard InChI is InChI=1S/C18H26N4O2/c1-6-14(11-24-16-9-7-8-15(10-16)23-5)21-18-20-13(4)19-17(22-18)12(2)3/h7-10,12,14H,6,11H2,1-5H3,(H,19,20,21,22). The Morgan fingerprint density at radius 3 is 2.54 bits per heavy atom. The van der Waals surface area contributed by atoms with Gasteiger partial charge in [-0.3, -0.25) is 0 Å². The van der Waals surface area contributed by atoms with Crippen molar-refractivity contribution in [2.75, 3.05) is 19.0 Å². The van der Waals surface area contributed by atoms with Gasteiger partial charge in [0.25, 0.3) is 0 Å². The van der Waals surface area contributed by atoms with Crippen molar-refractivity contribution in [2.45, 2.75) is 46.1 Å². The topological polar surface area (TPSA) is 69.2 Å². The van der Waals surface area contributed by atoms with Crippen LogP contribution in [0.25, 0.3) is 0 Å². The lowest BCUT2D eigenvalue weighted by atomic mass is 10.2. The average Bonchev–Trinajstić information content (AvgIpc) is 2.58. The van der Waals surface area contributed by atoms with E-state index in [0.29, 0.717) is 12.6 Å². The van der Waals surface area contributed by atoms with Crippen molar-refractivity contribution < 1.29 is 9.47 Å². The second-order valence-corrected chi connectivity index (χ2v) is 5.96. The lowest BCUT2D eigenvalue weighted by molar-refractivity contribution is 0.291. The molecule has 0 saturated heterocycles. The van der Waals surface area contributed by atoms with Crippen molar-refractivity contribution in [3.63, 3.8) is 0 Å². The molecular weight excluding hydrogens is 304 g/mol. The molecule has 0 radical (unpaired) electrons. The van der Waals surface area contributed by atoms with Crippen molar-refractivity contribution in [3.05, 3.63) is 35.9 Å². The van der Waals surface area contributed by atoms with Gasteiger partial charge in [0.15, 0.2) is 0 Å². The van der Waals surface area contributed by atoms with E-state index in [-0.39, 0.29) is 12.0 Å². The number of hydrogen-bond acceptors (Lipinski definition) is 6. The number of hydrogen-bond donors (Lipinski definition) is 1. The van der Waals surface area contributed by atoms with Crippen molar-refractivity contribution in [3.8, 4) is 11.5 Å². The van der Waals surface area contributed by atoms with E-state index in [9.17, 15) is 0 Å². The summed E-state index contributed by atoms with van der Waals surface area (Å²) in [6.07, 6.45) is 0.895. The second-order valence-electron chi connectivity index (χ2n) is 5.96. The smallest absolute Gasteiger partial charge is 0.226 e. The first kappa shape index (κ1) is 18.0. The van der Waals surface area contributed by atoms with E-state index in [1.54, 1.807) is 7.11 Å². The summed E-state index contributed by atoms with van der Waals surface area (Å²) in [5.41, 5.74) is 0. The first-order valence-corrected chi connectivity index (χ1v) is 8.27. The molecule has 1 atom stereocenters. The van der Waals surface area contributed by atoms with Crippen LogP contribution in [-0.2, 0) is 0 Å². The largest absolute Gasteiger partial charge is 0.497 e. The summed E-state index contributed by atoms with van der Waals surface area (Å²) in [5, 5.41) is 3.35. The second kappa shape index (κ2) is 8.47. The molecule has 6 heteroatoms. The third kappa shape index (κ3) is 5.08.